The molecule has 0 radical (unpaired) electrons. The van der Waals surface area contributed by atoms with Crippen molar-refractivity contribution < 1.29 is 34.2 Å². The summed E-state index contributed by atoms with van der Waals surface area (Å²) in [5.41, 5.74) is 0. The summed E-state index contributed by atoms with van der Waals surface area (Å²) in [5, 5.41) is 28.3. The van der Waals surface area contributed by atoms with Gasteiger partial charge in [0.15, 0.2) is 0 Å². The van der Waals surface area contributed by atoms with E-state index in [-0.39, 0.29) is 6.42 Å². The minimum absolute atomic E-state index is 0.122. The second kappa shape index (κ2) is 13.3. The van der Waals surface area contributed by atoms with Crippen LogP contribution in [0.4, 0.5) is 0 Å². The number of hydrogen-bond acceptors (Lipinski definition) is 5. The predicted molar refractivity (Wildman–Crippen MR) is 87.9 cm³/mol. The van der Waals surface area contributed by atoms with E-state index in [1.807, 2.05) is 0 Å². The summed E-state index contributed by atoms with van der Waals surface area (Å²) in [4.78, 5) is 17.6. The molecule has 5 N–H and O–H groups in total. The van der Waals surface area contributed by atoms with E-state index < -0.39 is 32.7 Å². The summed E-state index contributed by atoms with van der Waals surface area (Å²) < 4.78 is 15.3. The van der Waals surface area contributed by atoms with Crippen molar-refractivity contribution in [1.29, 1.82) is 0 Å². The van der Waals surface area contributed by atoms with Gasteiger partial charge in [-0.05, 0) is 6.42 Å². The molecule has 0 fully saturated rings. The van der Waals surface area contributed by atoms with Crippen molar-refractivity contribution in [3.05, 3.63) is 0 Å². The van der Waals surface area contributed by atoms with Gasteiger partial charge in [-0.1, -0.05) is 58.3 Å². The van der Waals surface area contributed by atoms with Gasteiger partial charge in [-0.3, -0.25) is 4.52 Å². The highest BCUT2D eigenvalue weighted by molar-refractivity contribution is 7.46. The van der Waals surface area contributed by atoms with Gasteiger partial charge in [-0.2, -0.15) is 0 Å². The number of phosphoric ester groups is 1. The lowest BCUT2D eigenvalue weighted by Crippen LogP contribution is -2.34. The first kappa shape index (κ1) is 23.0. The molecule has 0 aromatic carbocycles. The Bertz CT molecular complexity index is 321. The van der Waals surface area contributed by atoms with Crippen molar-refractivity contribution in [1.82, 2.24) is 0 Å². The fraction of sp³-hybridized carbons (Fsp3) is 1.00. The quantitative estimate of drug-likeness (QED) is 0.224. The van der Waals surface area contributed by atoms with Crippen LogP contribution < -0.4 is 0 Å². The first-order valence-corrected chi connectivity index (χ1v) is 10.0. The van der Waals surface area contributed by atoms with Crippen LogP contribution in [0.1, 0.15) is 71.1 Å². The van der Waals surface area contributed by atoms with Crippen molar-refractivity contribution in [2.24, 2.45) is 0 Å². The summed E-state index contributed by atoms with van der Waals surface area (Å²) in [6.07, 6.45) is 5.91. The molecule has 0 aliphatic carbocycles. The molecule has 0 bridgehead atoms. The van der Waals surface area contributed by atoms with E-state index in [0.29, 0.717) is 6.42 Å². The molecular weight excluding hydrogens is 323 g/mol. The summed E-state index contributed by atoms with van der Waals surface area (Å²) in [6.45, 7) is 1.49. The van der Waals surface area contributed by atoms with Gasteiger partial charge in [0, 0.05) is 6.42 Å². The Morgan fingerprint density at radius 3 is 1.96 bits per heavy atom. The van der Waals surface area contributed by atoms with E-state index in [1.165, 1.54) is 32.1 Å². The molecule has 0 aliphatic rings. The predicted octanol–water partition coefficient (Wildman–Crippen LogP) is 2.10. The first-order chi connectivity index (χ1) is 10.8. The summed E-state index contributed by atoms with van der Waals surface area (Å²) in [6, 6.07) is 0. The van der Waals surface area contributed by atoms with Gasteiger partial charge in [-0.25, -0.2) is 4.57 Å². The van der Waals surface area contributed by atoms with Gasteiger partial charge in [-0.15, -0.1) is 0 Å². The van der Waals surface area contributed by atoms with Crippen molar-refractivity contribution >= 4 is 7.82 Å². The Labute approximate surface area is 138 Å². The molecule has 0 heterocycles. The molecular formula is C15H33O7P. The van der Waals surface area contributed by atoms with E-state index in [0.717, 1.165) is 19.3 Å². The minimum atomic E-state index is -4.78. The zero-order chi connectivity index (χ0) is 17.7. The van der Waals surface area contributed by atoms with Crippen LogP contribution in [-0.2, 0) is 9.09 Å². The smallest absolute Gasteiger partial charge is 0.394 e. The minimum Gasteiger partial charge on any atom is -0.394 e. The molecule has 0 rings (SSSR count). The zero-order valence-electron chi connectivity index (χ0n) is 14.0. The maximum atomic E-state index is 10.8. The number of unbranched alkanes of at least 4 members (excludes halogenated alkanes) is 7. The topological polar surface area (TPSA) is 127 Å². The monoisotopic (exact) mass is 356 g/mol. The van der Waals surface area contributed by atoms with E-state index in [4.69, 9.17) is 14.9 Å². The van der Waals surface area contributed by atoms with Crippen LogP contribution in [0.2, 0.25) is 0 Å². The molecule has 0 saturated heterocycles. The zero-order valence-corrected chi connectivity index (χ0v) is 14.9. The lowest BCUT2D eigenvalue weighted by molar-refractivity contribution is -0.0357. The van der Waals surface area contributed by atoms with Crippen molar-refractivity contribution in [2.75, 3.05) is 6.61 Å². The van der Waals surface area contributed by atoms with Crippen LogP contribution in [-0.4, -0.2) is 50.0 Å². The normalized spacial score (nSPS) is 16.3. The fourth-order valence-corrected chi connectivity index (χ4v) is 3.04. The van der Waals surface area contributed by atoms with E-state index in [1.54, 1.807) is 0 Å². The van der Waals surface area contributed by atoms with E-state index in [2.05, 4.69) is 11.4 Å². The molecule has 8 heteroatoms. The number of hydrogen-bond donors (Lipinski definition) is 5. The average molecular weight is 356 g/mol. The SMILES string of the molecule is CCCCCCCCCCC(O)CC(OP(=O)(O)O)C(O)CO. The number of aliphatic hydroxyl groups excluding tert-OH is 3. The highest BCUT2D eigenvalue weighted by atomic mass is 31.2. The third kappa shape index (κ3) is 14.1. The van der Waals surface area contributed by atoms with Crippen molar-refractivity contribution in [3.63, 3.8) is 0 Å². The highest BCUT2D eigenvalue weighted by Crippen LogP contribution is 2.39. The highest BCUT2D eigenvalue weighted by Gasteiger charge is 2.29. The molecule has 0 aliphatic heterocycles. The fourth-order valence-electron chi connectivity index (χ4n) is 2.46. The average Bonchev–Trinajstić information content (AvgIpc) is 2.47. The molecule has 23 heavy (non-hydrogen) atoms. The second-order valence-electron chi connectivity index (χ2n) is 6.04. The lowest BCUT2D eigenvalue weighted by atomic mass is 10.0. The number of phosphoric acid groups is 1. The maximum absolute atomic E-state index is 10.8. The molecule has 0 amide bonds. The molecule has 3 unspecified atom stereocenters. The Balaban J connectivity index is 3.90. The van der Waals surface area contributed by atoms with Gasteiger partial charge < -0.3 is 25.1 Å². The number of rotatable bonds is 15. The van der Waals surface area contributed by atoms with Gasteiger partial charge in [0.2, 0.25) is 0 Å². The van der Waals surface area contributed by atoms with Gasteiger partial charge in [0.25, 0.3) is 0 Å². The van der Waals surface area contributed by atoms with E-state index in [9.17, 15) is 14.8 Å². The van der Waals surface area contributed by atoms with Gasteiger partial charge in [0.05, 0.1) is 12.7 Å². The Hall–Kier alpha value is -0.0100. The van der Waals surface area contributed by atoms with Crippen LogP contribution in [0, 0.1) is 0 Å². The molecule has 0 aromatic heterocycles. The molecule has 0 spiro atoms. The lowest BCUT2D eigenvalue weighted by Gasteiger charge is -2.24. The van der Waals surface area contributed by atoms with Crippen LogP contribution in [0.5, 0.6) is 0 Å². The van der Waals surface area contributed by atoms with Crippen molar-refractivity contribution in [3.8, 4) is 0 Å². The molecule has 140 valence electrons. The van der Waals surface area contributed by atoms with Crippen LogP contribution in [0.3, 0.4) is 0 Å². The van der Waals surface area contributed by atoms with Gasteiger partial charge in [0.1, 0.15) is 12.2 Å². The summed E-state index contributed by atoms with van der Waals surface area (Å²) >= 11 is 0. The maximum Gasteiger partial charge on any atom is 0.469 e. The molecule has 7 nitrogen and oxygen atoms in total. The van der Waals surface area contributed by atoms with E-state index >= 15 is 0 Å². The summed E-state index contributed by atoms with van der Waals surface area (Å²) in [7, 11) is -4.78. The summed E-state index contributed by atoms with van der Waals surface area (Å²) in [5.74, 6) is 0. The Morgan fingerprint density at radius 2 is 1.48 bits per heavy atom. The Morgan fingerprint density at radius 1 is 0.957 bits per heavy atom. The third-order valence-electron chi connectivity index (χ3n) is 3.78. The largest absolute Gasteiger partial charge is 0.469 e. The number of aliphatic hydroxyl groups is 3. The molecule has 0 saturated carbocycles. The van der Waals surface area contributed by atoms with Gasteiger partial charge >= 0.3 is 7.82 Å². The van der Waals surface area contributed by atoms with Crippen LogP contribution in [0.25, 0.3) is 0 Å². The molecule has 0 aromatic rings. The van der Waals surface area contributed by atoms with Crippen molar-refractivity contribution in [2.45, 2.75) is 89.4 Å². The van der Waals surface area contributed by atoms with Crippen LogP contribution in [0.15, 0.2) is 0 Å². The first-order valence-electron chi connectivity index (χ1n) is 8.51. The third-order valence-corrected chi connectivity index (χ3v) is 4.33. The second-order valence-corrected chi connectivity index (χ2v) is 7.23. The molecule has 3 atom stereocenters. The van der Waals surface area contributed by atoms with Crippen LogP contribution >= 0.6 is 7.82 Å². The Kier molecular flexibility index (Phi) is 13.3. The standard InChI is InChI=1S/C15H33O7P/c1-2-3-4-5-6-7-8-9-10-13(17)11-15(14(18)12-16)22-23(19,20)21/h13-18H,2-12H2,1H3,(H2,19,20,21).